The monoisotopic (exact) mass is 429 g/mol. The van der Waals surface area contributed by atoms with Gasteiger partial charge in [-0.2, -0.15) is 5.10 Å². The Bertz CT molecular complexity index is 1240. The highest BCUT2D eigenvalue weighted by Gasteiger charge is 2.18. The molecule has 5 nitrogen and oxygen atoms in total. The number of carbonyl (C=O) groups is 1. The second-order valence-electron chi connectivity index (χ2n) is 8.02. The van der Waals surface area contributed by atoms with Crippen molar-refractivity contribution in [2.24, 2.45) is 5.41 Å². The van der Waals surface area contributed by atoms with Crippen LogP contribution in [0.2, 0.25) is 5.02 Å². The summed E-state index contributed by atoms with van der Waals surface area (Å²) in [6.45, 7) is 10.0. The van der Waals surface area contributed by atoms with Gasteiger partial charge < -0.3 is 4.98 Å². The Morgan fingerprint density at radius 1 is 1.28 bits per heavy atom. The van der Waals surface area contributed by atoms with E-state index >= 15 is 0 Å². The normalized spacial score (nSPS) is 13.3. The largest absolute Gasteiger partial charge is 0.313 e. The molecule has 3 rings (SSSR count). The number of thiazole rings is 1. The van der Waals surface area contributed by atoms with Crippen LogP contribution in [0.3, 0.4) is 0 Å². The molecular formula is C22H24ClN3O2S. The van der Waals surface area contributed by atoms with Gasteiger partial charge in [0.25, 0.3) is 5.56 Å². The molecule has 0 bridgehead atoms. The first-order valence-corrected chi connectivity index (χ1v) is 10.5. The number of H-pyrrole nitrogens is 1. The van der Waals surface area contributed by atoms with Gasteiger partial charge in [0.15, 0.2) is 5.78 Å². The van der Waals surface area contributed by atoms with E-state index in [4.69, 9.17) is 11.6 Å². The predicted molar refractivity (Wildman–Crippen MR) is 119 cm³/mol. The average Bonchev–Trinajstić information content (AvgIpc) is 3.10. The summed E-state index contributed by atoms with van der Waals surface area (Å²) in [5.41, 5.74) is 2.97. The third-order valence-electron chi connectivity index (χ3n) is 4.67. The summed E-state index contributed by atoms with van der Waals surface area (Å²) < 4.78 is 2.99. The number of halogens is 1. The molecule has 7 heteroatoms. The minimum atomic E-state index is -0.488. The molecule has 0 fully saturated rings. The van der Waals surface area contributed by atoms with Crippen molar-refractivity contribution in [3.8, 4) is 0 Å². The number of carbonyl (C=O) groups excluding carboxylic acids is 1. The highest BCUT2D eigenvalue weighted by molar-refractivity contribution is 7.07. The van der Waals surface area contributed by atoms with Gasteiger partial charge in [0.1, 0.15) is 0 Å². The summed E-state index contributed by atoms with van der Waals surface area (Å²) in [7, 11) is 0. The van der Waals surface area contributed by atoms with Crippen LogP contribution in [0.4, 0.5) is 0 Å². The second-order valence-corrected chi connectivity index (χ2v) is 9.51. The molecule has 1 aromatic carbocycles. The van der Waals surface area contributed by atoms with E-state index in [-0.39, 0.29) is 11.3 Å². The molecule has 152 valence electrons. The molecule has 0 aliphatic rings. The van der Waals surface area contributed by atoms with Crippen LogP contribution in [0.15, 0.2) is 29.1 Å². The van der Waals surface area contributed by atoms with E-state index in [0.29, 0.717) is 20.8 Å². The minimum Gasteiger partial charge on any atom is -0.313 e. The fraction of sp³-hybridized carbons (Fsp3) is 0.318. The van der Waals surface area contributed by atoms with Gasteiger partial charge in [-0.25, -0.2) is 0 Å². The zero-order valence-corrected chi connectivity index (χ0v) is 18.7. The van der Waals surface area contributed by atoms with Gasteiger partial charge in [-0.15, -0.1) is 11.3 Å². The Morgan fingerprint density at radius 2 is 1.97 bits per heavy atom. The Kier molecular flexibility index (Phi) is 5.96. The summed E-state index contributed by atoms with van der Waals surface area (Å²) in [4.78, 5) is 27.4. The Morgan fingerprint density at radius 3 is 2.62 bits per heavy atom. The first-order valence-electron chi connectivity index (χ1n) is 9.30. The van der Waals surface area contributed by atoms with Gasteiger partial charge in [-0.1, -0.05) is 50.6 Å². The van der Waals surface area contributed by atoms with Gasteiger partial charge in [0, 0.05) is 27.8 Å². The van der Waals surface area contributed by atoms with Crippen molar-refractivity contribution >= 4 is 40.9 Å². The first-order chi connectivity index (χ1) is 13.6. The lowest BCUT2D eigenvalue weighted by atomic mass is 9.91. The van der Waals surface area contributed by atoms with Gasteiger partial charge in [-0.05, 0) is 31.6 Å². The van der Waals surface area contributed by atoms with Crippen molar-refractivity contribution < 1.29 is 4.79 Å². The molecule has 0 saturated heterocycles. The predicted octanol–water partition coefficient (Wildman–Crippen LogP) is 3.18. The van der Waals surface area contributed by atoms with Crippen molar-refractivity contribution in [3.63, 3.8) is 0 Å². The second kappa shape index (κ2) is 8.13. The van der Waals surface area contributed by atoms with Gasteiger partial charge in [-0.3, -0.25) is 14.3 Å². The van der Waals surface area contributed by atoms with Crippen LogP contribution in [0, 0.1) is 19.3 Å². The summed E-state index contributed by atoms with van der Waals surface area (Å²) in [5, 5.41) is 5.32. The molecule has 0 unspecified atom stereocenters. The fourth-order valence-corrected chi connectivity index (χ4v) is 3.92. The van der Waals surface area contributed by atoms with E-state index in [9.17, 15) is 9.59 Å². The lowest BCUT2D eigenvalue weighted by molar-refractivity contribution is -0.119. The number of nitrogens with one attached hydrogen (secondary N) is 1. The molecule has 29 heavy (non-hydrogen) atoms. The van der Waals surface area contributed by atoms with Gasteiger partial charge >= 0.3 is 0 Å². The Labute approximate surface area is 178 Å². The van der Waals surface area contributed by atoms with Crippen LogP contribution in [-0.4, -0.2) is 20.5 Å². The lowest BCUT2D eigenvalue weighted by Gasteiger charge is -2.12. The number of aromatic nitrogens is 3. The molecule has 2 aromatic heterocycles. The van der Waals surface area contributed by atoms with E-state index in [1.165, 1.54) is 17.4 Å². The SMILES string of the molecule is Cc1nn(Cc2ccccc2Cl)c(C)c1/C=c1\s/c(=C\C(=O)C(C)(C)C)[nH]c1=O. The van der Waals surface area contributed by atoms with Crippen LogP contribution >= 0.6 is 22.9 Å². The van der Waals surface area contributed by atoms with Crippen molar-refractivity contribution in [1.82, 2.24) is 14.8 Å². The average molecular weight is 430 g/mol. The molecule has 0 amide bonds. The lowest BCUT2D eigenvalue weighted by Crippen LogP contribution is -2.22. The first kappa shape index (κ1) is 21.3. The number of ketones is 1. The number of nitrogens with zero attached hydrogens (tertiary/aromatic N) is 2. The number of aryl methyl sites for hydroxylation is 1. The van der Waals surface area contributed by atoms with Crippen molar-refractivity contribution in [2.75, 3.05) is 0 Å². The van der Waals surface area contributed by atoms with Crippen LogP contribution in [0.1, 0.15) is 43.3 Å². The summed E-state index contributed by atoms with van der Waals surface area (Å²) in [6, 6.07) is 7.68. The molecule has 0 aliphatic heterocycles. The third-order valence-corrected chi connectivity index (χ3v) is 6.00. The number of aromatic amines is 1. The number of hydrogen-bond donors (Lipinski definition) is 1. The fourth-order valence-electron chi connectivity index (χ4n) is 2.85. The van der Waals surface area contributed by atoms with E-state index < -0.39 is 5.41 Å². The standard InChI is InChI=1S/C22H24ClN3O2S/c1-13-16(14(2)26(25-13)12-15-8-6-7-9-17(15)23)10-18-21(28)24-20(29-18)11-19(27)22(3,4)5/h6-11H,12H2,1-5H3,(H,24,28)/b18-10-,20-11-. The molecule has 0 aliphatic carbocycles. The van der Waals surface area contributed by atoms with Crippen LogP contribution in [0.5, 0.6) is 0 Å². The number of rotatable bonds is 4. The number of Topliss-reactive ketones (excluding diaryl/α,β-unsaturated/α-hetero) is 1. The molecule has 2 heterocycles. The van der Waals surface area contributed by atoms with E-state index in [0.717, 1.165) is 22.5 Å². The van der Waals surface area contributed by atoms with Crippen molar-refractivity contribution in [2.45, 2.75) is 41.2 Å². The maximum Gasteiger partial charge on any atom is 0.266 e. The molecule has 1 N–H and O–H groups in total. The highest BCUT2D eigenvalue weighted by atomic mass is 35.5. The maximum atomic E-state index is 12.4. The molecular weight excluding hydrogens is 406 g/mol. The van der Waals surface area contributed by atoms with Crippen molar-refractivity contribution in [1.29, 1.82) is 0 Å². The highest BCUT2D eigenvalue weighted by Crippen LogP contribution is 2.20. The third kappa shape index (κ3) is 4.77. The van der Waals surface area contributed by atoms with Crippen LogP contribution in [0.25, 0.3) is 12.2 Å². The van der Waals surface area contributed by atoms with E-state index in [1.807, 2.05) is 69.6 Å². The molecule has 0 spiro atoms. The Hall–Kier alpha value is -2.44. The molecule has 0 atom stereocenters. The topological polar surface area (TPSA) is 67.8 Å². The summed E-state index contributed by atoms with van der Waals surface area (Å²) in [5.74, 6) is -0.0264. The zero-order chi connectivity index (χ0) is 21.3. The zero-order valence-electron chi connectivity index (χ0n) is 17.2. The van der Waals surface area contributed by atoms with Crippen LogP contribution in [-0.2, 0) is 11.3 Å². The van der Waals surface area contributed by atoms with Gasteiger partial charge in [0.2, 0.25) is 0 Å². The van der Waals surface area contributed by atoms with E-state index in [2.05, 4.69) is 10.1 Å². The molecule has 0 saturated carbocycles. The summed E-state index contributed by atoms with van der Waals surface area (Å²) >= 11 is 7.55. The Balaban J connectivity index is 2.01. The summed E-state index contributed by atoms with van der Waals surface area (Å²) in [6.07, 6.45) is 3.34. The molecule has 0 radical (unpaired) electrons. The van der Waals surface area contributed by atoms with Crippen LogP contribution < -0.4 is 14.8 Å². The number of benzene rings is 1. The quantitative estimate of drug-likeness (QED) is 0.692. The minimum absolute atomic E-state index is 0.0264. The van der Waals surface area contributed by atoms with Crippen molar-refractivity contribution in [3.05, 3.63) is 71.4 Å². The maximum absolute atomic E-state index is 12.4. The smallest absolute Gasteiger partial charge is 0.266 e. The van der Waals surface area contributed by atoms with Gasteiger partial charge in [0.05, 0.1) is 21.4 Å². The number of hydrogen-bond acceptors (Lipinski definition) is 4. The molecule has 3 aromatic rings. The van der Waals surface area contributed by atoms with E-state index in [1.54, 1.807) is 0 Å².